The predicted octanol–water partition coefficient (Wildman–Crippen LogP) is 20.5. The number of carbonyl (C=O) groups is 3. The first-order chi connectivity index (χ1) is 47.0. The quantitative estimate of drug-likeness (QED) is 0.0400. The molecule has 0 saturated heterocycles. The van der Waals surface area contributed by atoms with Gasteiger partial charge in [-0.3, -0.25) is 14.4 Å². The molecule has 0 aromatic heterocycles. The first-order valence-corrected chi connectivity index (χ1v) is 38.0. The van der Waals surface area contributed by atoms with E-state index in [1.54, 1.807) is 6.07 Å². The van der Waals surface area contributed by atoms with Crippen LogP contribution in [-0.4, -0.2) is 68.0 Å². The highest BCUT2D eigenvalue weighted by Gasteiger charge is 2.32. The highest BCUT2D eigenvalue weighted by atomic mass is 16.3. The zero-order chi connectivity index (χ0) is 79.8. The summed E-state index contributed by atoms with van der Waals surface area (Å²) in [6.07, 6.45) is 5.23. The summed E-state index contributed by atoms with van der Waals surface area (Å²) in [6, 6.07) is 26.2. The number of aromatic hydroxyl groups is 6. The zero-order valence-electron chi connectivity index (χ0n) is 70.4. The summed E-state index contributed by atoms with van der Waals surface area (Å²) in [6.45, 7) is 66.5. The molecular weight excluding hydrogens is 1290 g/mol. The second-order valence-corrected chi connectivity index (χ2v) is 39.6. The molecule has 104 heavy (non-hydrogen) atoms. The van der Waals surface area contributed by atoms with Gasteiger partial charge in [-0.2, -0.15) is 0 Å². The normalized spacial score (nSPS) is 12.8. The molecule has 576 valence electrons. The average molecular weight is 1430 g/mol. The number of phenolic OH excluding ortho intramolecular Hbond substituents is 6. The molecule has 0 aliphatic carbocycles. The number of phenols is 6. The van der Waals surface area contributed by atoms with Gasteiger partial charge < -0.3 is 46.6 Å². The molecule has 0 fully saturated rings. The van der Waals surface area contributed by atoms with Gasteiger partial charge in [0, 0.05) is 38.9 Å². The van der Waals surface area contributed by atoms with Crippen LogP contribution in [0.4, 0.5) is 0 Å². The maximum Gasteiger partial charge on any atom is 0.220 e. The van der Waals surface area contributed by atoms with E-state index in [0.29, 0.717) is 99.1 Å². The second kappa shape index (κ2) is 34.0. The lowest BCUT2D eigenvalue weighted by Crippen LogP contribution is -2.26. The number of hydrogen-bond donors (Lipinski definition) is 9. The molecule has 0 atom stereocenters. The average Bonchev–Trinajstić information content (AvgIpc) is 0.813. The van der Waals surface area contributed by atoms with E-state index in [1.165, 1.54) is 0 Å². The molecule has 3 amide bonds. The van der Waals surface area contributed by atoms with Crippen LogP contribution in [0.5, 0.6) is 34.5 Å². The molecule has 0 saturated carbocycles. The van der Waals surface area contributed by atoms with Crippen molar-refractivity contribution in [3.63, 3.8) is 0 Å². The van der Waals surface area contributed by atoms with Gasteiger partial charge in [-0.25, -0.2) is 0 Å². The SMILES string of the molecule is CC(C)(C)c1cc(CCNC(=O)CCc2cc(C(C)(C)C)c(O)c(C(C)(C)C)c2)cc(C(C)(C)C)c1O.CC(C)(C)c1cc(CCNC(=O)CCc2cc(C(C)(C)C)c(O)c(C(C)(C)C)c2)ccc1O.Cc1cc(CCNC(=O)CCc2cc(C(C)(C)C)c(O)c(C(C)(C)C)c2)cc(C(C)(C)C)c1O. The lowest BCUT2D eigenvalue weighted by Gasteiger charge is -2.28. The molecule has 6 aromatic carbocycles. The number of hydrogen-bond acceptors (Lipinski definition) is 9. The van der Waals surface area contributed by atoms with E-state index in [0.717, 1.165) is 107 Å². The summed E-state index contributed by atoms with van der Waals surface area (Å²) >= 11 is 0. The standard InChI is InChI=1S/C33H51NO3.C30H45NO3.C29H43NO3/c1-30(2,3)23-17-21(18-24(28(23)36)31(4,5)6)13-14-27(35)34-16-15-22-19-25(32(7,8)9)29(37)26(20-22)33(10,11)12;1-19-15-21(18-22(26(19)33)28(2,3)4)13-14-31-25(32)12-11-20-16-23(29(5,6)7)27(34)24(17-20)30(8,9)10;1-27(2,3)21-16-19(10-12-24(21)31)14-15-30-25(32)13-11-20-17-22(28(4,5)6)26(33)23(18-20)29(7,8)9/h17-20,36-37H,13-16H2,1-12H3,(H,34,35);15-18,33-34H,11-14H2,1-10H3,(H,31,32);10,12,16-18,31,33H,11,13-15H2,1-9H3,(H,30,32). The molecular formula is C92H139N3O9. The van der Waals surface area contributed by atoms with E-state index in [4.69, 9.17) is 0 Å². The summed E-state index contributed by atoms with van der Waals surface area (Å²) in [7, 11) is 0. The van der Waals surface area contributed by atoms with Crippen LogP contribution in [0.2, 0.25) is 0 Å². The predicted molar refractivity (Wildman–Crippen MR) is 435 cm³/mol. The minimum absolute atomic E-state index is 0.0208. The fourth-order valence-electron chi connectivity index (χ4n) is 12.9. The van der Waals surface area contributed by atoms with Crippen LogP contribution in [0, 0.1) is 6.92 Å². The first kappa shape index (κ1) is 88.9. The van der Waals surface area contributed by atoms with Crippen LogP contribution < -0.4 is 16.0 Å². The lowest BCUT2D eigenvalue weighted by atomic mass is 9.78. The third-order valence-electron chi connectivity index (χ3n) is 19.3. The van der Waals surface area contributed by atoms with Gasteiger partial charge in [0.1, 0.15) is 34.5 Å². The zero-order valence-corrected chi connectivity index (χ0v) is 70.4. The van der Waals surface area contributed by atoms with Crippen molar-refractivity contribution in [1.82, 2.24) is 16.0 Å². The maximum atomic E-state index is 12.7. The largest absolute Gasteiger partial charge is 0.508 e. The molecule has 0 aliphatic rings. The number of benzene rings is 6. The summed E-state index contributed by atoms with van der Waals surface area (Å²) < 4.78 is 0. The Labute approximate surface area is 629 Å². The number of amides is 3. The van der Waals surface area contributed by atoms with Gasteiger partial charge in [0.15, 0.2) is 0 Å². The van der Waals surface area contributed by atoms with E-state index in [2.05, 4.69) is 248 Å². The fourth-order valence-corrected chi connectivity index (χ4v) is 12.9. The smallest absolute Gasteiger partial charge is 0.220 e. The van der Waals surface area contributed by atoms with E-state index in [9.17, 15) is 45.0 Å². The maximum absolute atomic E-state index is 12.7. The van der Waals surface area contributed by atoms with Crippen LogP contribution in [0.3, 0.4) is 0 Å². The lowest BCUT2D eigenvalue weighted by molar-refractivity contribution is -0.121. The van der Waals surface area contributed by atoms with Crippen molar-refractivity contribution in [1.29, 1.82) is 0 Å². The van der Waals surface area contributed by atoms with E-state index < -0.39 is 0 Å². The highest BCUT2D eigenvalue weighted by Crippen LogP contribution is 2.45. The molecule has 0 bridgehead atoms. The Hall–Kier alpha value is -7.47. The Balaban J connectivity index is 0.000000331. The van der Waals surface area contributed by atoms with Crippen LogP contribution >= 0.6 is 0 Å². The molecule has 0 unspecified atom stereocenters. The number of aryl methyl sites for hydroxylation is 4. The summed E-state index contributed by atoms with van der Waals surface area (Å²) in [4.78, 5) is 37.8. The van der Waals surface area contributed by atoms with Gasteiger partial charge in [-0.1, -0.05) is 281 Å². The minimum Gasteiger partial charge on any atom is -0.508 e. The topological polar surface area (TPSA) is 209 Å². The third-order valence-corrected chi connectivity index (χ3v) is 19.3. The number of nitrogens with one attached hydrogen (secondary N) is 3. The molecule has 6 rings (SSSR count). The van der Waals surface area contributed by atoms with Crippen molar-refractivity contribution in [2.75, 3.05) is 19.6 Å². The van der Waals surface area contributed by atoms with Gasteiger partial charge in [0.05, 0.1) is 0 Å². The summed E-state index contributed by atoms with van der Waals surface area (Å²) in [5.41, 5.74) is 15.0. The molecule has 0 radical (unpaired) electrons. The Morgan fingerprint density at radius 3 is 0.654 bits per heavy atom. The number of rotatable bonds is 18. The van der Waals surface area contributed by atoms with Crippen molar-refractivity contribution >= 4 is 17.7 Å². The third kappa shape index (κ3) is 25.9. The second-order valence-electron chi connectivity index (χ2n) is 39.6. The molecule has 9 N–H and O–H groups in total. The van der Waals surface area contributed by atoms with E-state index in [1.807, 2.05) is 55.5 Å². The van der Waals surface area contributed by atoms with Crippen LogP contribution in [0.1, 0.15) is 322 Å². The van der Waals surface area contributed by atoms with Crippen molar-refractivity contribution in [3.05, 3.63) is 173 Å². The van der Waals surface area contributed by atoms with Crippen molar-refractivity contribution < 1.29 is 45.0 Å². The summed E-state index contributed by atoms with van der Waals surface area (Å²) in [5, 5.41) is 73.4. The van der Waals surface area contributed by atoms with Gasteiger partial charge in [0.25, 0.3) is 0 Å². The molecule has 0 heterocycles. The van der Waals surface area contributed by atoms with Gasteiger partial charge >= 0.3 is 0 Å². The van der Waals surface area contributed by atoms with Crippen molar-refractivity contribution in [2.24, 2.45) is 0 Å². The first-order valence-electron chi connectivity index (χ1n) is 38.0. The number of carbonyl (C=O) groups excluding carboxylic acids is 3. The molecule has 0 spiro atoms. The van der Waals surface area contributed by atoms with Gasteiger partial charge in [0.2, 0.25) is 17.7 Å². The van der Waals surface area contributed by atoms with Crippen molar-refractivity contribution in [3.8, 4) is 34.5 Å². The van der Waals surface area contributed by atoms with Gasteiger partial charge in [-0.05, 0) is 200 Å². The summed E-state index contributed by atoms with van der Waals surface area (Å²) in [5.74, 6) is 2.22. The van der Waals surface area contributed by atoms with Crippen LogP contribution in [0.15, 0.2) is 78.9 Å². The van der Waals surface area contributed by atoms with E-state index in [-0.39, 0.29) is 71.9 Å². The monoisotopic (exact) mass is 1430 g/mol. The van der Waals surface area contributed by atoms with E-state index >= 15 is 0 Å². The molecule has 0 aliphatic heterocycles. The van der Waals surface area contributed by atoms with Crippen LogP contribution in [0.25, 0.3) is 0 Å². The Kier molecular flexibility index (Phi) is 29.0. The molecule has 6 aromatic rings. The Morgan fingerprint density at radius 2 is 0.433 bits per heavy atom. The van der Waals surface area contributed by atoms with Gasteiger partial charge in [-0.15, -0.1) is 0 Å². The molecule has 12 nitrogen and oxygen atoms in total. The Bertz CT molecular complexity index is 3800. The minimum atomic E-state index is -0.190. The highest BCUT2D eigenvalue weighted by molar-refractivity contribution is 5.77. The molecule has 12 heteroatoms. The van der Waals surface area contributed by atoms with Crippen LogP contribution in [-0.2, 0) is 107 Å². The fraction of sp³-hybridized carbons (Fsp3) is 0.576. The van der Waals surface area contributed by atoms with Crippen molar-refractivity contribution in [2.45, 2.75) is 327 Å². The Morgan fingerprint density at radius 1 is 0.250 bits per heavy atom.